The first-order chi connectivity index (χ1) is 14.0. The van der Waals surface area contributed by atoms with Crippen LogP contribution in [0.15, 0.2) is 65.2 Å². The number of aromatic nitrogens is 1. The number of oxazole rings is 1. The summed E-state index contributed by atoms with van der Waals surface area (Å²) in [5, 5.41) is 2.72. The van der Waals surface area contributed by atoms with E-state index in [1.54, 1.807) is 18.3 Å². The first kappa shape index (κ1) is 20.3. The van der Waals surface area contributed by atoms with Gasteiger partial charge in [0, 0.05) is 24.9 Å². The van der Waals surface area contributed by atoms with Gasteiger partial charge in [0.25, 0.3) is 0 Å². The van der Waals surface area contributed by atoms with E-state index in [9.17, 15) is 14.0 Å². The van der Waals surface area contributed by atoms with Gasteiger partial charge < -0.3 is 15.5 Å². The van der Waals surface area contributed by atoms with Crippen LogP contribution in [0.3, 0.4) is 0 Å². The summed E-state index contributed by atoms with van der Waals surface area (Å²) in [6.45, 7) is 0.117. The molecule has 3 rings (SSSR count). The van der Waals surface area contributed by atoms with Gasteiger partial charge in [-0.2, -0.15) is 0 Å². The molecule has 0 aliphatic rings. The van der Waals surface area contributed by atoms with Gasteiger partial charge in [0.05, 0.1) is 12.1 Å². The average molecular weight is 395 g/mol. The summed E-state index contributed by atoms with van der Waals surface area (Å²) in [7, 11) is 0. The molecular formula is C22H22FN3O3. The molecule has 6 nitrogen and oxygen atoms in total. The van der Waals surface area contributed by atoms with E-state index in [1.165, 1.54) is 12.1 Å². The SMILES string of the molecule is NC(=O)C(CNC(=O)CCc1ncc(-c2ccccc2)o1)Cc1ccc(F)cc1. The Morgan fingerprint density at radius 1 is 1.10 bits per heavy atom. The van der Waals surface area contributed by atoms with Crippen molar-refractivity contribution in [2.75, 3.05) is 6.54 Å². The Bertz CT molecular complexity index is 955. The van der Waals surface area contributed by atoms with Crippen LogP contribution in [0.5, 0.6) is 0 Å². The number of primary amides is 1. The third-order valence-electron chi connectivity index (χ3n) is 4.52. The molecule has 150 valence electrons. The van der Waals surface area contributed by atoms with Gasteiger partial charge in [-0.25, -0.2) is 9.37 Å². The van der Waals surface area contributed by atoms with Crippen molar-refractivity contribution in [2.24, 2.45) is 11.7 Å². The summed E-state index contributed by atoms with van der Waals surface area (Å²) in [5.74, 6) is -0.550. The quantitative estimate of drug-likeness (QED) is 0.582. The molecular weight excluding hydrogens is 373 g/mol. The Kier molecular flexibility index (Phi) is 6.73. The summed E-state index contributed by atoms with van der Waals surface area (Å²) in [6.07, 6.45) is 2.49. The molecule has 0 spiro atoms. The van der Waals surface area contributed by atoms with Crippen molar-refractivity contribution in [3.8, 4) is 11.3 Å². The predicted molar refractivity (Wildman–Crippen MR) is 106 cm³/mol. The zero-order valence-corrected chi connectivity index (χ0v) is 15.8. The average Bonchev–Trinajstić information content (AvgIpc) is 3.20. The minimum absolute atomic E-state index is 0.117. The van der Waals surface area contributed by atoms with Crippen molar-refractivity contribution in [2.45, 2.75) is 19.3 Å². The Balaban J connectivity index is 1.47. The summed E-state index contributed by atoms with van der Waals surface area (Å²) in [6, 6.07) is 15.4. The van der Waals surface area contributed by atoms with Crippen molar-refractivity contribution in [3.05, 3.63) is 78.1 Å². The molecule has 1 unspecified atom stereocenters. The van der Waals surface area contributed by atoms with Gasteiger partial charge in [-0.15, -0.1) is 0 Å². The van der Waals surface area contributed by atoms with E-state index in [4.69, 9.17) is 10.2 Å². The van der Waals surface area contributed by atoms with E-state index < -0.39 is 11.8 Å². The molecule has 0 saturated carbocycles. The molecule has 7 heteroatoms. The number of hydrogen-bond acceptors (Lipinski definition) is 4. The summed E-state index contributed by atoms with van der Waals surface area (Å²) >= 11 is 0. The molecule has 0 saturated heterocycles. The van der Waals surface area contributed by atoms with Crippen LogP contribution < -0.4 is 11.1 Å². The maximum absolute atomic E-state index is 13.0. The van der Waals surface area contributed by atoms with Gasteiger partial charge >= 0.3 is 0 Å². The van der Waals surface area contributed by atoms with Crippen LogP contribution in [0.2, 0.25) is 0 Å². The largest absolute Gasteiger partial charge is 0.441 e. The van der Waals surface area contributed by atoms with Gasteiger partial charge in [0.1, 0.15) is 5.82 Å². The molecule has 1 heterocycles. The molecule has 0 radical (unpaired) electrons. The van der Waals surface area contributed by atoms with Crippen LogP contribution in [-0.2, 0) is 22.4 Å². The van der Waals surface area contributed by atoms with Crippen molar-refractivity contribution >= 4 is 11.8 Å². The van der Waals surface area contributed by atoms with Crippen molar-refractivity contribution < 1.29 is 18.4 Å². The van der Waals surface area contributed by atoms with E-state index in [1.807, 2.05) is 30.3 Å². The first-order valence-electron chi connectivity index (χ1n) is 9.32. The van der Waals surface area contributed by atoms with Crippen molar-refractivity contribution in [1.29, 1.82) is 0 Å². The second-order valence-electron chi connectivity index (χ2n) is 6.72. The van der Waals surface area contributed by atoms with Gasteiger partial charge in [-0.3, -0.25) is 9.59 Å². The molecule has 29 heavy (non-hydrogen) atoms. The van der Waals surface area contributed by atoms with E-state index in [0.29, 0.717) is 24.5 Å². The number of nitrogens with two attached hydrogens (primary N) is 1. The normalized spacial score (nSPS) is 11.8. The standard InChI is InChI=1S/C22H22FN3O3/c23-18-8-6-15(7-9-18)12-17(22(24)28)13-25-20(27)10-11-21-26-14-19(29-21)16-4-2-1-3-5-16/h1-9,14,17H,10-13H2,(H2,24,28)(H,25,27). The van der Waals surface area contributed by atoms with Crippen LogP contribution >= 0.6 is 0 Å². The monoisotopic (exact) mass is 395 g/mol. The van der Waals surface area contributed by atoms with E-state index in [0.717, 1.165) is 11.1 Å². The molecule has 1 aromatic heterocycles. The van der Waals surface area contributed by atoms with Crippen molar-refractivity contribution in [1.82, 2.24) is 10.3 Å². The van der Waals surface area contributed by atoms with Crippen LogP contribution in [0.4, 0.5) is 4.39 Å². The van der Waals surface area contributed by atoms with Crippen LogP contribution in [0.25, 0.3) is 11.3 Å². The van der Waals surface area contributed by atoms with Crippen LogP contribution in [0, 0.1) is 11.7 Å². The zero-order valence-electron chi connectivity index (χ0n) is 15.8. The Labute approximate surface area is 167 Å². The number of halogens is 1. The molecule has 2 amide bonds. The summed E-state index contributed by atoms with van der Waals surface area (Å²) in [5.41, 5.74) is 7.13. The van der Waals surface area contributed by atoms with Gasteiger partial charge in [0.2, 0.25) is 11.8 Å². The second kappa shape index (κ2) is 9.64. The number of aryl methyl sites for hydroxylation is 1. The van der Waals surface area contributed by atoms with Gasteiger partial charge in [-0.1, -0.05) is 42.5 Å². The highest BCUT2D eigenvalue weighted by Gasteiger charge is 2.17. The molecule has 1 atom stereocenters. The molecule has 0 fully saturated rings. The molecule has 0 bridgehead atoms. The second-order valence-corrected chi connectivity index (χ2v) is 6.72. The molecule has 3 aromatic rings. The van der Waals surface area contributed by atoms with Gasteiger partial charge in [-0.05, 0) is 24.1 Å². The highest BCUT2D eigenvalue weighted by Crippen LogP contribution is 2.20. The maximum atomic E-state index is 13.0. The smallest absolute Gasteiger partial charge is 0.222 e. The minimum Gasteiger partial charge on any atom is -0.441 e. The number of rotatable bonds is 9. The Hall–Kier alpha value is -3.48. The lowest BCUT2D eigenvalue weighted by Crippen LogP contribution is -2.37. The molecule has 3 N–H and O–H groups in total. The lowest BCUT2D eigenvalue weighted by atomic mass is 9.98. The van der Waals surface area contributed by atoms with Gasteiger partial charge in [0.15, 0.2) is 11.7 Å². The minimum atomic E-state index is -0.573. The number of nitrogens with one attached hydrogen (secondary N) is 1. The number of nitrogens with zero attached hydrogens (tertiary/aromatic N) is 1. The highest BCUT2D eigenvalue weighted by molar-refractivity contribution is 5.80. The fraction of sp³-hybridized carbons (Fsp3) is 0.227. The lowest BCUT2D eigenvalue weighted by molar-refractivity contribution is -0.123. The number of carbonyl (C=O) groups is 2. The third kappa shape index (κ3) is 6.00. The third-order valence-corrected chi connectivity index (χ3v) is 4.52. The molecule has 0 aliphatic carbocycles. The fourth-order valence-electron chi connectivity index (χ4n) is 2.89. The number of hydrogen-bond donors (Lipinski definition) is 2. The Morgan fingerprint density at radius 2 is 1.83 bits per heavy atom. The molecule has 0 aliphatic heterocycles. The highest BCUT2D eigenvalue weighted by atomic mass is 19.1. The fourth-order valence-corrected chi connectivity index (χ4v) is 2.89. The first-order valence-corrected chi connectivity index (χ1v) is 9.32. The van der Waals surface area contributed by atoms with Crippen LogP contribution in [-0.4, -0.2) is 23.3 Å². The van der Waals surface area contributed by atoms with E-state index in [2.05, 4.69) is 10.3 Å². The predicted octanol–water partition coefficient (Wildman–Crippen LogP) is 2.87. The summed E-state index contributed by atoms with van der Waals surface area (Å²) in [4.78, 5) is 28.0. The maximum Gasteiger partial charge on any atom is 0.222 e. The number of amides is 2. The Morgan fingerprint density at radius 3 is 2.52 bits per heavy atom. The topological polar surface area (TPSA) is 98.2 Å². The number of carbonyl (C=O) groups excluding carboxylic acids is 2. The van der Waals surface area contributed by atoms with E-state index in [-0.39, 0.29) is 24.7 Å². The van der Waals surface area contributed by atoms with E-state index >= 15 is 0 Å². The lowest BCUT2D eigenvalue weighted by Gasteiger charge is -2.14. The zero-order chi connectivity index (χ0) is 20.6. The van der Waals surface area contributed by atoms with Crippen molar-refractivity contribution in [3.63, 3.8) is 0 Å². The van der Waals surface area contributed by atoms with Crippen LogP contribution in [0.1, 0.15) is 17.9 Å². The number of benzene rings is 2. The summed E-state index contributed by atoms with van der Waals surface area (Å²) < 4.78 is 18.7. The molecule has 2 aromatic carbocycles.